The lowest BCUT2D eigenvalue weighted by molar-refractivity contribution is -0.132. The molecule has 0 saturated carbocycles. The van der Waals surface area contributed by atoms with Crippen LogP contribution in [0, 0.1) is 25.2 Å². The Morgan fingerprint density at radius 1 is 1.45 bits per heavy atom. The molecule has 0 aliphatic heterocycles. The summed E-state index contributed by atoms with van der Waals surface area (Å²) in [5, 5.41) is 22.2. The number of carbonyl (C=O) groups is 1. The highest BCUT2D eigenvalue weighted by atomic mass is 16.4. The van der Waals surface area contributed by atoms with Crippen LogP contribution in [0.5, 0.6) is 0 Å². The molecule has 0 aromatic carbocycles. The Bertz CT molecular complexity index is 788. The van der Waals surface area contributed by atoms with E-state index in [1.165, 1.54) is 6.08 Å². The predicted octanol–water partition coefficient (Wildman–Crippen LogP) is 2.86. The standard InChI is InChI=1S/C16H18N4O2/c1-10(2)20-15(5-6-18-20)19-11(3)7-13(12(19)4)8-14(9-17)16(21)22/h5-8,10H,1-4H3,(H,21,22). The van der Waals surface area contributed by atoms with Crippen LogP contribution in [0.1, 0.15) is 36.8 Å². The highest BCUT2D eigenvalue weighted by Crippen LogP contribution is 2.24. The van der Waals surface area contributed by atoms with Gasteiger partial charge in [-0.25, -0.2) is 9.48 Å². The number of aliphatic carboxylic acids is 1. The van der Waals surface area contributed by atoms with Crippen molar-refractivity contribution in [1.82, 2.24) is 14.3 Å². The molecule has 22 heavy (non-hydrogen) atoms. The minimum absolute atomic E-state index is 0.207. The first-order valence-corrected chi connectivity index (χ1v) is 6.94. The van der Waals surface area contributed by atoms with Crippen molar-refractivity contribution in [2.75, 3.05) is 0 Å². The van der Waals surface area contributed by atoms with Gasteiger partial charge in [-0.15, -0.1) is 0 Å². The van der Waals surface area contributed by atoms with Crippen molar-refractivity contribution in [2.24, 2.45) is 0 Å². The molecule has 0 unspecified atom stereocenters. The van der Waals surface area contributed by atoms with Crippen molar-refractivity contribution in [3.8, 4) is 11.9 Å². The molecular weight excluding hydrogens is 280 g/mol. The molecule has 2 aromatic heterocycles. The van der Waals surface area contributed by atoms with Crippen LogP contribution in [-0.2, 0) is 4.79 Å². The van der Waals surface area contributed by atoms with Crippen molar-refractivity contribution in [2.45, 2.75) is 33.7 Å². The summed E-state index contributed by atoms with van der Waals surface area (Å²) >= 11 is 0. The summed E-state index contributed by atoms with van der Waals surface area (Å²) in [6.45, 7) is 7.93. The Hall–Kier alpha value is -2.81. The molecule has 1 N–H and O–H groups in total. The molecule has 0 amide bonds. The van der Waals surface area contributed by atoms with Crippen LogP contribution in [0.25, 0.3) is 11.9 Å². The van der Waals surface area contributed by atoms with Gasteiger partial charge in [0.05, 0.1) is 6.20 Å². The molecule has 2 rings (SSSR count). The van der Waals surface area contributed by atoms with Gasteiger partial charge in [0, 0.05) is 23.5 Å². The summed E-state index contributed by atoms with van der Waals surface area (Å²) in [5.74, 6) is -0.307. The second-order valence-corrected chi connectivity index (χ2v) is 5.36. The predicted molar refractivity (Wildman–Crippen MR) is 82.6 cm³/mol. The van der Waals surface area contributed by atoms with Gasteiger partial charge < -0.3 is 9.67 Å². The van der Waals surface area contributed by atoms with E-state index in [2.05, 4.69) is 5.10 Å². The first-order chi connectivity index (χ1) is 10.4. The first-order valence-electron chi connectivity index (χ1n) is 6.94. The monoisotopic (exact) mass is 298 g/mol. The van der Waals surface area contributed by atoms with Crippen LogP contribution >= 0.6 is 0 Å². The van der Waals surface area contributed by atoms with E-state index in [1.54, 1.807) is 12.3 Å². The number of carboxylic acids is 1. The molecule has 114 valence electrons. The van der Waals surface area contributed by atoms with E-state index in [-0.39, 0.29) is 11.6 Å². The van der Waals surface area contributed by atoms with E-state index in [0.29, 0.717) is 5.56 Å². The maximum Gasteiger partial charge on any atom is 0.346 e. The number of hydrogen-bond donors (Lipinski definition) is 1. The lowest BCUT2D eigenvalue weighted by atomic mass is 10.1. The molecule has 2 aromatic rings. The molecule has 2 heterocycles. The van der Waals surface area contributed by atoms with Gasteiger partial charge in [0.15, 0.2) is 0 Å². The molecule has 0 saturated heterocycles. The summed E-state index contributed by atoms with van der Waals surface area (Å²) in [4.78, 5) is 11.0. The van der Waals surface area contributed by atoms with Crippen LogP contribution in [0.15, 0.2) is 23.9 Å². The minimum Gasteiger partial charge on any atom is -0.477 e. The number of aryl methyl sites for hydroxylation is 1. The number of aromatic nitrogens is 3. The fourth-order valence-electron chi connectivity index (χ4n) is 2.47. The molecule has 0 bridgehead atoms. The third kappa shape index (κ3) is 2.66. The van der Waals surface area contributed by atoms with Crippen LogP contribution in [0.4, 0.5) is 0 Å². The van der Waals surface area contributed by atoms with Gasteiger partial charge in [-0.2, -0.15) is 10.4 Å². The van der Waals surface area contributed by atoms with E-state index < -0.39 is 5.97 Å². The smallest absolute Gasteiger partial charge is 0.346 e. The normalized spacial score (nSPS) is 11.7. The maximum absolute atomic E-state index is 11.0. The molecule has 0 aliphatic carbocycles. The topological polar surface area (TPSA) is 83.8 Å². The molecule has 0 aliphatic rings. The van der Waals surface area contributed by atoms with Crippen LogP contribution in [-0.4, -0.2) is 25.4 Å². The minimum atomic E-state index is -1.22. The molecule has 0 atom stereocenters. The summed E-state index contributed by atoms with van der Waals surface area (Å²) in [5.41, 5.74) is 2.26. The van der Waals surface area contributed by atoms with E-state index >= 15 is 0 Å². The zero-order chi connectivity index (χ0) is 16.4. The fraction of sp³-hybridized carbons (Fsp3) is 0.312. The highest BCUT2D eigenvalue weighted by Gasteiger charge is 2.16. The Morgan fingerprint density at radius 3 is 2.68 bits per heavy atom. The fourth-order valence-corrected chi connectivity index (χ4v) is 2.47. The number of rotatable bonds is 4. The van der Waals surface area contributed by atoms with Crippen LogP contribution < -0.4 is 0 Å². The highest BCUT2D eigenvalue weighted by molar-refractivity contribution is 5.96. The summed E-state index contributed by atoms with van der Waals surface area (Å²) in [6.07, 6.45) is 3.14. The van der Waals surface area contributed by atoms with Gasteiger partial charge in [-0.1, -0.05) is 0 Å². The Morgan fingerprint density at radius 2 is 2.14 bits per heavy atom. The Labute approximate surface area is 128 Å². The molecule has 6 nitrogen and oxygen atoms in total. The number of nitrogens with zero attached hydrogens (tertiary/aromatic N) is 4. The number of nitriles is 1. The van der Waals surface area contributed by atoms with Gasteiger partial charge in [0.25, 0.3) is 0 Å². The quantitative estimate of drug-likeness (QED) is 0.695. The summed E-state index contributed by atoms with van der Waals surface area (Å²) in [6, 6.07) is 5.69. The van der Waals surface area contributed by atoms with E-state index in [1.807, 2.05) is 49.1 Å². The average Bonchev–Trinajstić information content (AvgIpc) is 3.01. The van der Waals surface area contributed by atoms with Gasteiger partial charge in [0.1, 0.15) is 17.5 Å². The lowest BCUT2D eigenvalue weighted by Gasteiger charge is -2.15. The van der Waals surface area contributed by atoms with Crippen LogP contribution in [0.3, 0.4) is 0 Å². The lowest BCUT2D eigenvalue weighted by Crippen LogP contribution is -2.11. The summed E-state index contributed by atoms with van der Waals surface area (Å²) < 4.78 is 3.91. The van der Waals surface area contributed by atoms with Gasteiger partial charge in [-0.05, 0) is 45.4 Å². The second kappa shape index (κ2) is 5.90. The largest absolute Gasteiger partial charge is 0.477 e. The van der Waals surface area contributed by atoms with Crippen molar-refractivity contribution in [1.29, 1.82) is 5.26 Å². The molecular formula is C16H18N4O2. The summed E-state index contributed by atoms with van der Waals surface area (Å²) in [7, 11) is 0. The Balaban J connectivity index is 2.60. The van der Waals surface area contributed by atoms with E-state index in [4.69, 9.17) is 10.4 Å². The third-order valence-electron chi connectivity index (χ3n) is 3.49. The van der Waals surface area contributed by atoms with Gasteiger partial charge >= 0.3 is 5.97 Å². The average molecular weight is 298 g/mol. The third-order valence-corrected chi connectivity index (χ3v) is 3.49. The van der Waals surface area contributed by atoms with E-state index in [0.717, 1.165) is 17.2 Å². The maximum atomic E-state index is 11.0. The SMILES string of the molecule is Cc1cc(C=C(C#N)C(=O)O)c(C)n1-c1ccnn1C(C)C. The van der Waals surface area contributed by atoms with Crippen molar-refractivity contribution in [3.63, 3.8) is 0 Å². The number of carboxylic acid groups (broad SMARTS) is 1. The zero-order valence-corrected chi connectivity index (χ0v) is 13.0. The molecule has 6 heteroatoms. The van der Waals surface area contributed by atoms with Gasteiger partial charge in [0.2, 0.25) is 0 Å². The molecule has 0 fully saturated rings. The zero-order valence-electron chi connectivity index (χ0n) is 13.0. The van der Waals surface area contributed by atoms with Gasteiger partial charge in [-0.3, -0.25) is 0 Å². The first kappa shape index (κ1) is 15.6. The Kier molecular flexibility index (Phi) is 4.18. The molecule has 0 radical (unpaired) electrons. The second-order valence-electron chi connectivity index (χ2n) is 5.36. The van der Waals surface area contributed by atoms with Crippen LogP contribution in [0.2, 0.25) is 0 Å². The molecule has 0 spiro atoms. The number of hydrogen-bond acceptors (Lipinski definition) is 3. The van der Waals surface area contributed by atoms with Crippen molar-refractivity contribution >= 4 is 12.0 Å². The van der Waals surface area contributed by atoms with E-state index in [9.17, 15) is 4.79 Å². The van der Waals surface area contributed by atoms with Crippen molar-refractivity contribution < 1.29 is 9.90 Å². The van der Waals surface area contributed by atoms with Crippen molar-refractivity contribution in [3.05, 3.63) is 40.9 Å².